The van der Waals surface area contributed by atoms with E-state index in [4.69, 9.17) is 8.85 Å². The molecule has 122 valence electrons. The Morgan fingerprint density at radius 1 is 1.00 bits per heavy atom. The highest BCUT2D eigenvalue weighted by atomic mass is 28.3. The molecule has 3 rings (SSSR count). The molecule has 0 N–H and O–H groups in total. The van der Waals surface area contributed by atoms with Crippen LogP contribution in [0, 0.1) is 6.92 Å². The van der Waals surface area contributed by atoms with Gasteiger partial charge in [-0.3, -0.25) is 0 Å². The molecule has 4 heteroatoms. The third-order valence-corrected chi connectivity index (χ3v) is 10.0. The van der Waals surface area contributed by atoms with Crippen molar-refractivity contribution in [3.05, 3.63) is 41.6 Å². The summed E-state index contributed by atoms with van der Waals surface area (Å²) in [5.74, 6) is 0. The van der Waals surface area contributed by atoms with Gasteiger partial charge in [0.2, 0.25) is 18.1 Å². The molecule has 0 bridgehead atoms. The fourth-order valence-corrected chi connectivity index (χ4v) is 7.82. The zero-order valence-corrected chi connectivity index (χ0v) is 16.5. The number of hydrogen-bond donors (Lipinski definition) is 0. The van der Waals surface area contributed by atoms with Crippen LogP contribution in [0.2, 0.25) is 12.1 Å². The Bertz CT molecular complexity index is 464. The lowest BCUT2D eigenvalue weighted by Crippen LogP contribution is -2.37. The van der Waals surface area contributed by atoms with E-state index in [1.807, 2.05) is 0 Å². The fourth-order valence-electron chi connectivity index (χ4n) is 3.06. The Morgan fingerprint density at radius 3 is 2.18 bits per heavy atom. The van der Waals surface area contributed by atoms with Crippen LogP contribution in [0.15, 0.2) is 36.0 Å². The van der Waals surface area contributed by atoms with Gasteiger partial charge in [0, 0.05) is 13.2 Å². The van der Waals surface area contributed by atoms with Gasteiger partial charge in [0.25, 0.3) is 0 Å². The van der Waals surface area contributed by atoms with Crippen LogP contribution in [0.3, 0.4) is 0 Å². The van der Waals surface area contributed by atoms with Crippen LogP contribution in [0.1, 0.15) is 38.2 Å². The van der Waals surface area contributed by atoms with Gasteiger partial charge in [-0.15, -0.1) is 6.58 Å². The lowest BCUT2D eigenvalue weighted by Gasteiger charge is -2.22. The molecule has 2 heterocycles. The minimum atomic E-state index is -1.02. The fraction of sp³-hybridized carbons (Fsp3) is 0.556. The number of rotatable bonds is 2. The Labute approximate surface area is 139 Å². The van der Waals surface area contributed by atoms with E-state index >= 15 is 0 Å². The van der Waals surface area contributed by atoms with Gasteiger partial charge in [0.15, 0.2) is 0 Å². The molecule has 0 radical (unpaired) electrons. The molecule has 1 aromatic carbocycles. The maximum atomic E-state index is 5.88. The lowest BCUT2D eigenvalue weighted by molar-refractivity contribution is 0.292. The normalized spacial score (nSPS) is 25.0. The molecule has 2 aliphatic rings. The van der Waals surface area contributed by atoms with Crippen molar-refractivity contribution < 1.29 is 8.85 Å². The van der Waals surface area contributed by atoms with Gasteiger partial charge in [-0.05, 0) is 49.5 Å². The maximum absolute atomic E-state index is 5.88. The molecule has 2 fully saturated rings. The van der Waals surface area contributed by atoms with Gasteiger partial charge in [-0.1, -0.05) is 42.3 Å². The Morgan fingerprint density at radius 2 is 1.68 bits per heavy atom. The van der Waals surface area contributed by atoms with Crippen molar-refractivity contribution in [2.24, 2.45) is 0 Å². The Kier molecular flexibility index (Phi) is 7.59. The Hall–Kier alpha value is -0.686. The molecule has 0 amide bonds. The number of hydrogen-bond acceptors (Lipinski definition) is 2. The maximum Gasteiger partial charge on any atom is 0.208 e. The highest BCUT2D eigenvalue weighted by molar-refractivity contribution is 6.68. The van der Waals surface area contributed by atoms with Crippen LogP contribution < -0.4 is 5.19 Å². The van der Waals surface area contributed by atoms with Gasteiger partial charge < -0.3 is 8.85 Å². The summed E-state index contributed by atoms with van der Waals surface area (Å²) in [5, 5.41) is 2.83. The first-order valence-corrected chi connectivity index (χ1v) is 12.4. The van der Waals surface area contributed by atoms with Crippen molar-refractivity contribution in [2.45, 2.75) is 51.6 Å². The topological polar surface area (TPSA) is 18.5 Å². The molecule has 0 aromatic heterocycles. The second-order valence-electron chi connectivity index (χ2n) is 6.41. The van der Waals surface area contributed by atoms with Gasteiger partial charge in [0.1, 0.15) is 0 Å². The lowest BCUT2D eigenvalue weighted by atomic mass is 10.2. The van der Waals surface area contributed by atoms with Crippen molar-refractivity contribution in [3.8, 4) is 0 Å². The van der Waals surface area contributed by atoms with Crippen molar-refractivity contribution in [1.29, 1.82) is 0 Å². The zero-order chi connectivity index (χ0) is 15.8. The average molecular weight is 335 g/mol. The summed E-state index contributed by atoms with van der Waals surface area (Å²) < 4.78 is 11.5. The highest BCUT2D eigenvalue weighted by Gasteiger charge is 2.19. The van der Waals surface area contributed by atoms with Gasteiger partial charge in [0.05, 0.1) is 0 Å². The van der Waals surface area contributed by atoms with E-state index < -0.39 is 18.1 Å². The molecule has 2 unspecified atom stereocenters. The molecule has 2 nitrogen and oxygen atoms in total. The molecular formula is C18H30O2Si2. The van der Waals surface area contributed by atoms with Crippen LogP contribution in [-0.4, -0.2) is 31.3 Å². The van der Waals surface area contributed by atoms with E-state index in [1.165, 1.54) is 53.7 Å². The molecule has 1 aromatic rings. The Balaban J connectivity index is 0.000000172. The predicted molar refractivity (Wildman–Crippen MR) is 99.9 cm³/mol. The van der Waals surface area contributed by atoms with Crippen LogP contribution in [0.5, 0.6) is 0 Å². The molecule has 0 aliphatic carbocycles. The second-order valence-corrected chi connectivity index (χ2v) is 11.8. The van der Waals surface area contributed by atoms with Gasteiger partial charge in [-0.2, -0.15) is 0 Å². The first-order chi connectivity index (χ1) is 10.7. The second kappa shape index (κ2) is 9.45. The molecule has 2 aliphatic heterocycles. The van der Waals surface area contributed by atoms with Crippen molar-refractivity contribution in [1.82, 2.24) is 0 Å². The van der Waals surface area contributed by atoms with Gasteiger partial charge in [-0.25, -0.2) is 0 Å². The van der Waals surface area contributed by atoms with Crippen molar-refractivity contribution in [2.75, 3.05) is 13.2 Å². The monoisotopic (exact) mass is 334 g/mol. The largest absolute Gasteiger partial charge is 0.416 e. The molecule has 2 saturated heterocycles. The number of allylic oxidation sites excluding steroid dienone is 1. The van der Waals surface area contributed by atoms with Crippen LogP contribution in [0.25, 0.3) is 0 Å². The van der Waals surface area contributed by atoms with Crippen LogP contribution in [0.4, 0.5) is 0 Å². The third kappa shape index (κ3) is 5.50. The highest BCUT2D eigenvalue weighted by Crippen LogP contribution is 2.15. The molecule has 22 heavy (non-hydrogen) atoms. The van der Waals surface area contributed by atoms with Crippen LogP contribution >= 0.6 is 0 Å². The minimum Gasteiger partial charge on any atom is -0.416 e. The molecule has 2 atom stereocenters. The van der Waals surface area contributed by atoms with E-state index in [1.54, 1.807) is 0 Å². The van der Waals surface area contributed by atoms with Crippen molar-refractivity contribution in [3.63, 3.8) is 0 Å². The summed E-state index contributed by atoms with van der Waals surface area (Å²) in [6.07, 6.45) is 5.25. The summed E-state index contributed by atoms with van der Waals surface area (Å²) in [5.41, 5.74) is 1.42. The van der Waals surface area contributed by atoms with E-state index in [0.29, 0.717) is 0 Å². The quantitative estimate of drug-likeness (QED) is 0.772. The predicted octanol–water partition coefficient (Wildman–Crippen LogP) is 3.37. The molecule has 0 saturated carbocycles. The van der Waals surface area contributed by atoms with E-state index in [0.717, 1.165) is 13.2 Å². The van der Waals surface area contributed by atoms with E-state index in [2.05, 4.69) is 44.7 Å². The summed E-state index contributed by atoms with van der Waals surface area (Å²) in [4.78, 5) is 0. The smallest absolute Gasteiger partial charge is 0.208 e. The van der Waals surface area contributed by atoms with E-state index in [-0.39, 0.29) is 0 Å². The first kappa shape index (κ1) is 17.7. The summed E-state index contributed by atoms with van der Waals surface area (Å²) in [6.45, 7) is 10.2. The summed E-state index contributed by atoms with van der Waals surface area (Å²) in [6, 6.07) is 11.3. The number of aryl methyl sites for hydroxylation is 1. The number of benzene rings is 1. The first-order valence-electron chi connectivity index (χ1n) is 8.62. The minimum absolute atomic E-state index is 0.894. The third-order valence-electron chi connectivity index (χ3n) is 4.44. The van der Waals surface area contributed by atoms with E-state index in [9.17, 15) is 0 Å². The average Bonchev–Trinajstić information content (AvgIpc) is 2.57. The summed E-state index contributed by atoms with van der Waals surface area (Å²) >= 11 is 0. The van der Waals surface area contributed by atoms with Crippen LogP contribution in [-0.2, 0) is 8.85 Å². The summed E-state index contributed by atoms with van der Waals surface area (Å²) in [7, 11) is -1.92. The molecular weight excluding hydrogens is 304 g/mol. The SMILES string of the molecule is C=C(C)[SiH]1CCCCO1.Cc1ccccc1[SiH]1CCCCO1. The standard InChI is InChI=1S/C11H16OSi.C7H14OSi/c1-10-6-2-3-7-11(10)13-9-5-4-8-12-13;1-7(2)9-6-4-3-5-8-9/h2-3,6-7,13H,4-5,8-9H2,1H3;9H,1,3-6H2,2H3. The van der Waals surface area contributed by atoms with Gasteiger partial charge >= 0.3 is 0 Å². The zero-order valence-electron chi connectivity index (χ0n) is 14.1. The molecule has 0 spiro atoms. The van der Waals surface area contributed by atoms with Crippen molar-refractivity contribution >= 4 is 23.3 Å².